The van der Waals surface area contributed by atoms with Crippen LogP contribution in [0.4, 0.5) is 5.69 Å². The monoisotopic (exact) mass is 259 g/mol. The van der Waals surface area contributed by atoms with Gasteiger partial charge in [0.1, 0.15) is 0 Å². The molecule has 2 aliphatic rings. The van der Waals surface area contributed by atoms with E-state index in [1.165, 1.54) is 0 Å². The molecule has 3 rings (SSSR count). The Morgan fingerprint density at radius 2 is 2.05 bits per heavy atom. The first kappa shape index (κ1) is 12.2. The summed E-state index contributed by atoms with van der Waals surface area (Å²) in [5.74, 6) is -0.320. The molecule has 0 bridgehead atoms. The van der Waals surface area contributed by atoms with Gasteiger partial charge in [-0.1, -0.05) is 0 Å². The standard InChI is InChI=1S/C14H17N3O2/c15-14(19)9-1-2-12-10(7-9)8-13(18)17(12)11-3-5-16-6-4-11/h1-2,7,11,16H,3-6,8H2,(H2,15,19). The van der Waals surface area contributed by atoms with Gasteiger partial charge in [-0.25, -0.2) is 0 Å². The summed E-state index contributed by atoms with van der Waals surface area (Å²) in [7, 11) is 0. The molecular weight excluding hydrogens is 242 g/mol. The van der Waals surface area contributed by atoms with E-state index < -0.39 is 5.91 Å². The molecule has 0 aliphatic carbocycles. The summed E-state index contributed by atoms with van der Waals surface area (Å²) in [6.45, 7) is 1.90. The molecule has 0 unspecified atom stereocenters. The van der Waals surface area contributed by atoms with Crippen LogP contribution in [0.5, 0.6) is 0 Å². The second-order valence-electron chi connectivity index (χ2n) is 5.13. The maximum absolute atomic E-state index is 12.2. The Labute approximate surface area is 111 Å². The number of rotatable bonds is 2. The SMILES string of the molecule is NC(=O)c1ccc2c(c1)CC(=O)N2C1CCNCC1. The molecule has 2 heterocycles. The minimum atomic E-state index is -0.449. The van der Waals surface area contributed by atoms with Gasteiger partial charge in [0.2, 0.25) is 11.8 Å². The number of amides is 2. The fourth-order valence-electron chi connectivity index (χ4n) is 2.96. The third kappa shape index (κ3) is 2.10. The van der Waals surface area contributed by atoms with E-state index in [0.717, 1.165) is 37.2 Å². The highest BCUT2D eigenvalue weighted by atomic mass is 16.2. The molecule has 5 nitrogen and oxygen atoms in total. The number of anilines is 1. The number of nitrogens with one attached hydrogen (secondary N) is 1. The van der Waals surface area contributed by atoms with Gasteiger partial charge < -0.3 is 16.0 Å². The van der Waals surface area contributed by atoms with Crippen molar-refractivity contribution in [1.82, 2.24) is 5.32 Å². The molecule has 1 saturated heterocycles. The summed E-state index contributed by atoms with van der Waals surface area (Å²) >= 11 is 0. The number of hydrogen-bond acceptors (Lipinski definition) is 3. The molecule has 1 aromatic rings. The molecule has 100 valence electrons. The lowest BCUT2D eigenvalue weighted by atomic mass is 10.0. The lowest BCUT2D eigenvalue weighted by Crippen LogP contribution is -2.44. The molecule has 5 heteroatoms. The molecule has 0 saturated carbocycles. The van der Waals surface area contributed by atoms with Gasteiger partial charge in [0.25, 0.3) is 0 Å². The van der Waals surface area contributed by atoms with E-state index in [9.17, 15) is 9.59 Å². The first-order valence-corrected chi connectivity index (χ1v) is 6.62. The summed E-state index contributed by atoms with van der Waals surface area (Å²) in [4.78, 5) is 25.3. The number of fused-ring (bicyclic) bond motifs is 1. The molecule has 1 fully saturated rings. The van der Waals surface area contributed by atoms with E-state index in [4.69, 9.17) is 5.73 Å². The van der Waals surface area contributed by atoms with Gasteiger partial charge in [-0.05, 0) is 49.7 Å². The van der Waals surface area contributed by atoms with Gasteiger partial charge in [-0.2, -0.15) is 0 Å². The van der Waals surface area contributed by atoms with Gasteiger partial charge in [0, 0.05) is 17.3 Å². The third-order valence-corrected chi connectivity index (χ3v) is 3.91. The van der Waals surface area contributed by atoms with Gasteiger partial charge >= 0.3 is 0 Å². The van der Waals surface area contributed by atoms with Crippen molar-refractivity contribution in [3.63, 3.8) is 0 Å². The smallest absolute Gasteiger partial charge is 0.248 e. The molecule has 0 aromatic heterocycles. The number of nitrogens with zero attached hydrogens (tertiary/aromatic N) is 1. The van der Waals surface area contributed by atoms with Crippen molar-refractivity contribution in [1.29, 1.82) is 0 Å². The molecule has 0 spiro atoms. The van der Waals surface area contributed by atoms with Crippen molar-refractivity contribution in [3.05, 3.63) is 29.3 Å². The topological polar surface area (TPSA) is 75.4 Å². The highest BCUT2D eigenvalue weighted by molar-refractivity contribution is 6.03. The lowest BCUT2D eigenvalue weighted by molar-refractivity contribution is -0.117. The predicted octanol–water partition coefficient (Wildman–Crippen LogP) is 0.427. The maximum atomic E-state index is 12.2. The number of nitrogens with two attached hydrogens (primary N) is 1. The van der Waals surface area contributed by atoms with Gasteiger partial charge in [-0.15, -0.1) is 0 Å². The number of carbonyl (C=O) groups excluding carboxylic acids is 2. The molecular formula is C14H17N3O2. The summed E-state index contributed by atoms with van der Waals surface area (Å²) in [5.41, 5.74) is 7.61. The van der Waals surface area contributed by atoms with Crippen LogP contribution in [-0.2, 0) is 11.2 Å². The quantitative estimate of drug-likeness (QED) is 0.808. The molecule has 2 aliphatic heterocycles. The van der Waals surface area contributed by atoms with Crippen LogP contribution < -0.4 is 16.0 Å². The second kappa shape index (κ2) is 4.66. The van der Waals surface area contributed by atoms with Gasteiger partial charge in [0.15, 0.2) is 0 Å². The highest BCUT2D eigenvalue weighted by Crippen LogP contribution is 2.33. The van der Waals surface area contributed by atoms with E-state index in [2.05, 4.69) is 5.32 Å². The highest BCUT2D eigenvalue weighted by Gasteiger charge is 2.33. The molecule has 2 amide bonds. The molecule has 0 atom stereocenters. The summed E-state index contributed by atoms with van der Waals surface area (Å²) in [5, 5.41) is 3.30. The maximum Gasteiger partial charge on any atom is 0.248 e. The van der Waals surface area contributed by atoms with Crippen molar-refractivity contribution in [2.45, 2.75) is 25.3 Å². The Bertz CT molecular complexity index is 535. The van der Waals surface area contributed by atoms with E-state index in [0.29, 0.717) is 12.0 Å². The number of benzene rings is 1. The fourth-order valence-corrected chi connectivity index (χ4v) is 2.96. The molecule has 3 N–H and O–H groups in total. The predicted molar refractivity (Wildman–Crippen MR) is 72.0 cm³/mol. The van der Waals surface area contributed by atoms with Gasteiger partial charge in [-0.3, -0.25) is 9.59 Å². The van der Waals surface area contributed by atoms with E-state index in [1.807, 2.05) is 11.0 Å². The first-order chi connectivity index (χ1) is 9.16. The zero-order valence-corrected chi connectivity index (χ0v) is 10.7. The van der Waals surface area contributed by atoms with Crippen molar-refractivity contribution in [3.8, 4) is 0 Å². The van der Waals surface area contributed by atoms with Crippen LogP contribution in [0.15, 0.2) is 18.2 Å². The number of piperidine rings is 1. The van der Waals surface area contributed by atoms with Crippen molar-refractivity contribution in [2.24, 2.45) is 5.73 Å². The average Bonchev–Trinajstić information content (AvgIpc) is 2.74. The van der Waals surface area contributed by atoms with Crippen molar-refractivity contribution in [2.75, 3.05) is 18.0 Å². The van der Waals surface area contributed by atoms with Crippen molar-refractivity contribution >= 4 is 17.5 Å². The molecule has 19 heavy (non-hydrogen) atoms. The summed E-state index contributed by atoms with van der Waals surface area (Å²) in [6.07, 6.45) is 2.33. The van der Waals surface area contributed by atoms with Crippen molar-refractivity contribution < 1.29 is 9.59 Å². The van der Waals surface area contributed by atoms with Crippen LogP contribution in [0.2, 0.25) is 0 Å². The Kier molecular flexibility index (Phi) is 2.98. The van der Waals surface area contributed by atoms with E-state index >= 15 is 0 Å². The van der Waals surface area contributed by atoms with Crippen LogP contribution in [0, 0.1) is 0 Å². The van der Waals surface area contributed by atoms with E-state index in [1.54, 1.807) is 12.1 Å². The van der Waals surface area contributed by atoms with Crippen LogP contribution in [-0.4, -0.2) is 30.9 Å². The minimum absolute atomic E-state index is 0.128. The Hall–Kier alpha value is -1.88. The summed E-state index contributed by atoms with van der Waals surface area (Å²) < 4.78 is 0. The molecule has 0 radical (unpaired) electrons. The second-order valence-corrected chi connectivity index (χ2v) is 5.13. The first-order valence-electron chi connectivity index (χ1n) is 6.62. The lowest BCUT2D eigenvalue weighted by Gasteiger charge is -2.32. The summed E-state index contributed by atoms with van der Waals surface area (Å²) in [6, 6.07) is 5.57. The third-order valence-electron chi connectivity index (χ3n) is 3.91. The number of primary amides is 1. The zero-order chi connectivity index (χ0) is 13.4. The number of hydrogen-bond donors (Lipinski definition) is 2. The van der Waals surface area contributed by atoms with E-state index in [-0.39, 0.29) is 11.9 Å². The van der Waals surface area contributed by atoms with Gasteiger partial charge in [0.05, 0.1) is 6.42 Å². The Morgan fingerprint density at radius 1 is 1.32 bits per heavy atom. The Balaban J connectivity index is 1.93. The van der Waals surface area contributed by atoms with Crippen LogP contribution in [0.3, 0.4) is 0 Å². The largest absolute Gasteiger partial charge is 0.366 e. The van der Waals surface area contributed by atoms with Crippen LogP contribution in [0.1, 0.15) is 28.8 Å². The van der Waals surface area contributed by atoms with Crippen LogP contribution in [0.25, 0.3) is 0 Å². The minimum Gasteiger partial charge on any atom is -0.366 e. The average molecular weight is 259 g/mol. The normalized spacial score (nSPS) is 19.6. The van der Waals surface area contributed by atoms with Crippen LogP contribution >= 0.6 is 0 Å². The zero-order valence-electron chi connectivity index (χ0n) is 10.7. The Morgan fingerprint density at radius 3 is 2.74 bits per heavy atom. The fraction of sp³-hybridized carbons (Fsp3) is 0.429. The molecule has 1 aromatic carbocycles. The number of carbonyl (C=O) groups is 2.